The van der Waals surface area contributed by atoms with E-state index < -0.39 is 0 Å². The molecule has 1 aliphatic rings. The summed E-state index contributed by atoms with van der Waals surface area (Å²) in [7, 11) is 0. The Hall–Kier alpha value is -0.770. The fourth-order valence-electron chi connectivity index (χ4n) is 1.80. The molecule has 0 aromatic heterocycles. The third-order valence-corrected chi connectivity index (χ3v) is 2.74. The van der Waals surface area contributed by atoms with E-state index in [0.717, 1.165) is 30.1 Å². The van der Waals surface area contributed by atoms with Gasteiger partial charge < -0.3 is 10.5 Å². The Labute approximate surface area is 94.6 Å². The first-order valence-electron chi connectivity index (χ1n) is 5.19. The first-order chi connectivity index (χ1) is 7.24. The van der Waals surface area contributed by atoms with E-state index in [1.54, 1.807) is 0 Å². The van der Waals surface area contributed by atoms with Crippen LogP contribution < -0.4 is 5.43 Å². The molecule has 1 aromatic rings. The van der Waals surface area contributed by atoms with E-state index in [1.807, 2.05) is 29.3 Å². The van der Waals surface area contributed by atoms with Crippen molar-refractivity contribution in [2.75, 3.05) is 18.5 Å². The molecule has 0 aliphatic carbocycles. The van der Waals surface area contributed by atoms with E-state index in [-0.39, 0.29) is 6.10 Å². The van der Waals surface area contributed by atoms with Crippen LogP contribution in [0, 0.1) is 0 Å². The summed E-state index contributed by atoms with van der Waals surface area (Å²) in [6.45, 7) is 1.64. The average Bonchev–Trinajstić information content (AvgIpc) is 2.17. The summed E-state index contributed by atoms with van der Waals surface area (Å²) in [4.78, 5) is 0. The Morgan fingerprint density at radius 2 is 2.33 bits per heavy atom. The highest BCUT2D eigenvalue weighted by Gasteiger charge is 2.17. The quantitative estimate of drug-likeness (QED) is 0.811. The monoisotopic (exact) mass is 226 g/mol. The largest absolute Gasteiger partial charge is 0.392 e. The summed E-state index contributed by atoms with van der Waals surface area (Å²) in [5.41, 5.74) is 4.21. The number of aliphatic hydroxyl groups excluding tert-OH is 1. The fourth-order valence-corrected chi connectivity index (χ4v) is 1.99. The van der Waals surface area contributed by atoms with Crippen LogP contribution in [0.25, 0.3) is 0 Å². The predicted molar refractivity (Wildman–Crippen MR) is 61.9 cm³/mol. The number of hydrogen-bond donors (Lipinski definition) is 2. The molecule has 1 heterocycles. The van der Waals surface area contributed by atoms with Crippen LogP contribution >= 0.6 is 11.6 Å². The van der Waals surface area contributed by atoms with E-state index in [1.165, 1.54) is 0 Å². The molecule has 1 unspecified atom stereocenters. The minimum Gasteiger partial charge on any atom is -0.392 e. The van der Waals surface area contributed by atoms with Crippen molar-refractivity contribution in [2.24, 2.45) is 0 Å². The number of rotatable bonds is 2. The zero-order valence-corrected chi connectivity index (χ0v) is 9.24. The van der Waals surface area contributed by atoms with Crippen molar-refractivity contribution in [3.63, 3.8) is 0 Å². The van der Waals surface area contributed by atoms with Gasteiger partial charge in [-0.15, -0.1) is 0 Å². The van der Waals surface area contributed by atoms with Gasteiger partial charge >= 0.3 is 0 Å². The van der Waals surface area contributed by atoms with Gasteiger partial charge in [0, 0.05) is 18.1 Å². The van der Waals surface area contributed by atoms with E-state index in [2.05, 4.69) is 5.43 Å². The summed E-state index contributed by atoms with van der Waals surface area (Å²) < 4.78 is 0. The number of β-amino-alcohol motifs (C(OH)–C–C–N with tert-alkyl or cyclic N) is 1. The van der Waals surface area contributed by atoms with E-state index in [4.69, 9.17) is 11.6 Å². The maximum Gasteiger partial charge on any atom is 0.0686 e. The van der Waals surface area contributed by atoms with Crippen LogP contribution in [0.15, 0.2) is 24.3 Å². The van der Waals surface area contributed by atoms with Crippen LogP contribution in [0.2, 0.25) is 5.02 Å². The molecule has 2 rings (SSSR count). The molecule has 1 aliphatic heterocycles. The Bertz CT molecular complexity index is 332. The van der Waals surface area contributed by atoms with Crippen molar-refractivity contribution in [3.05, 3.63) is 29.3 Å². The summed E-state index contributed by atoms with van der Waals surface area (Å²) in [6, 6.07) is 7.60. The Kier molecular flexibility index (Phi) is 3.46. The van der Waals surface area contributed by atoms with Crippen molar-refractivity contribution in [3.8, 4) is 0 Å². The number of anilines is 1. The highest BCUT2D eigenvalue weighted by atomic mass is 35.5. The maximum absolute atomic E-state index is 9.50. The molecule has 1 fully saturated rings. The summed E-state index contributed by atoms with van der Waals surface area (Å²) in [6.07, 6.45) is 1.70. The molecular formula is C11H15ClN2O. The van der Waals surface area contributed by atoms with Crippen molar-refractivity contribution < 1.29 is 5.11 Å². The first kappa shape index (κ1) is 10.7. The van der Waals surface area contributed by atoms with Gasteiger partial charge in [-0.05, 0) is 31.0 Å². The molecule has 0 radical (unpaired) electrons. The summed E-state index contributed by atoms with van der Waals surface area (Å²) in [5.74, 6) is 0. The van der Waals surface area contributed by atoms with Gasteiger partial charge in [0.1, 0.15) is 0 Å². The smallest absolute Gasteiger partial charge is 0.0686 e. The molecule has 1 aromatic carbocycles. The standard InChI is InChI=1S/C11H15ClN2O/c12-9-3-1-4-10(7-9)13-14-6-2-5-11(15)8-14/h1,3-4,7,11,13,15H,2,5-6,8H2. The predicted octanol–water partition coefficient (Wildman–Crippen LogP) is 2.12. The lowest BCUT2D eigenvalue weighted by molar-refractivity contribution is 0.0838. The van der Waals surface area contributed by atoms with E-state index in [9.17, 15) is 5.11 Å². The van der Waals surface area contributed by atoms with Gasteiger partial charge in [0.25, 0.3) is 0 Å². The second-order valence-electron chi connectivity index (χ2n) is 3.86. The van der Waals surface area contributed by atoms with Crippen LogP contribution in [-0.2, 0) is 0 Å². The van der Waals surface area contributed by atoms with Crippen LogP contribution in [0.1, 0.15) is 12.8 Å². The van der Waals surface area contributed by atoms with E-state index in [0.29, 0.717) is 6.54 Å². The number of nitrogens with zero attached hydrogens (tertiary/aromatic N) is 1. The van der Waals surface area contributed by atoms with Crippen LogP contribution in [0.4, 0.5) is 5.69 Å². The van der Waals surface area contributed by atoms with Gasteiger partial charge in [0.15, 0.2) is 0 Å². The minimum absolute atomic E-state index is 0.217. The Morgan fingerprint density at radius 3 is 3.07 bits per heavy atom. The molecule has 15 heavy (non-hydrogen) atoms. The third kappa shape index (κ3) is 3.09. The SMILES string of the molecule is OC1CCCN(Nc2cccc(Cl)c2)C1. The van der Waals surface area contributed by atoms with E-state index >= 15 is 0 Å². The molecule has 4 heteroatoms. The molecule has 0 spiro atoms. The molecule has 2 N–H and O–H groups in total. The molecular weight excluding hydrogens is 212 g/mol. The highest BCUT2D eigenvalue weighted by molar-refractivity contribution is 6.30. The number of benzene rings is 1. The third-order valence-electron chi connectivity index (χ3n) is 2.51. The number of hydrogen-bond acceptors (Lipinski definition) is 3. The zero-order valence-electron chi connectivity index (χ0n) is 8.49. The zero-order chi connectivity index (χ0) is 10.7. The lowest BCUT2D eigenvalue weighted by Gasteiger charge is -2.30. The molecule has 1 atom stereocenters. The second kappa shape index (κ2) is 4.84. The summed E-state index contributed by atoms with van der Waals surface area (Å²) >= 11 is 5.88. The van der Waals surface area contributed by atoms with Crippen molar-refractivity contribution >= 4 is 17.3 Å². The lowest BCUT2D eigenvalue weighted by Crippen LogP contribution is -2.41. The minimum atomic E-state index is -0.217. The molecule has 0 amide bonds. The summed E-state index contributed by atoms with van der Waals surface area (Å²) in [5, 5.41) is 12.3. The average molecular weight is 227 g/mol. The van der Waals surface area contributed by atoms with Gasteiger partial charge in [0.2, 0.25) is 0 Å². The normalized spacial score (nSPS) is 22.7. The molecule has 1 saturated heterocycles. The topological polar surface area (TPSA) is 35.5 Å². The van der Waals surface area contributed by atoms with Crippen LogP contribution in [-0.4, -0.2) is 29.3 Å². The lowest BCUT2D eigenvalue weighted by atomic mass is 10.1. The van der Waals surface area contributed by atoms with Crippen molar-refractivity contribution in [2.45, 2.75) is 18.9 Å². The molecule has 82 valence electrons. The number of piperidine rings is 1. The van der Waals surface area contributed by atoms with Crippen LogP contribution in [0.5, 0.6) is 0 Å². The number of halogens is 1. The number of aliphatic hydroxyl groups is 1. The van der Waals surface area contributed by atoms with Crippen LogP contribution in [0.3, 0.4) is 0 Å². The molecule has 0 saturated carbocycles. The van der Waals surface area contributed by atoms with Gasteiger partial charge in [-0.3, -0.25) is 0 Å². The molecule has 0 bridgehead atoms. The number of nitrogens with one attached hydrogen (secondary N) is 1. The second-order valence-corrected chi connectivity index (χ2v) is 4.30. The van der Waals surface area contributed by atoms with Gasteiger partial charge in [0.05, 0.1) is 11.8 Å². The van der Waals surface area contributed by atoms with Crippen molar-refractivity contribution in [1.82, 2.24) is 5.01 Å². The molecule has 3 nitrogen and oxygen atoms in total. The van der Waals surface area contributed by atoms with Crippen molar-refractivity contribution in [1.29, 1.82) is 0 Å². The fraction of sp³-hybridized carbons (Fsp3) is 0.455. The Balaban J connectivity index is 1.96. The van der Waals surface area contributed by atoms with Gasteiger partial charge in [-0.25, -0.2) is 5.01 Å². The first-order valence-corrected chi connectivity index (χ1v) is 5.57. The number of hydrazine groups is 1. The Morgan fingerprint density at radius 1 is 1.47 bits per heavy atom. The van der Waals surface area contributed by atoms with Gasteiger partial charge in [-0.2, -0.15) is 0 Å². The van der Waals surface area contributed by atoms with Gasteiger partial charge in [-0.1, -0.05) is 17.7 Å². The highest BCUT2D eigenvalue weighted by Crippen LogP contribution is 2.17. The maximum atomic E-state index is 9.50.